The Morgan fingerprint density at radius 1 is 1.44 bits per heavy atom. The molecule has 0 aliphatic carbocycles. The van der Waals surface area contributed by atoms with Crippen LogP contribution >= 0.6 is 0 Å². The first-order valence-corrected chi connectivity index (χ1v) is 7.16. The summed E-state index contributed by atoms with van der Waals surface area (Å²) in [5.41, 5.74) is -0.206. The van der Waals surface area contributed by atoms with Gasteiger partial charge >= 0.3 is 0 Å². The van der Waals surface area contributed by atoms with Crippen LogP contribution in [-0.2, 0) is 9.53 Å². The van der Waals surface area contributed by atoms with Gasteiger partial charge in [0.2, 0.25) is 5.91 Å². The molecule has 4 heteroatoms. The minimum atomic E-state index is -0.206. The fourth-order valence-corrected chi connectivity index (χ4v) is 2.67. The number of likely N-dealkylation sites (N-methyl/N-ethyl adjacent to an activating group) is 1. The highest BCUT2D eigenvalue weighted by molar-refractivity contribution is 5.83. The van der Waals surface area contributed by atoms with Crippen LogP contribution in [0.1, 0.15) is 34.1 Å². The number of ether oxygens (including phenoxy) is 1. The summed E-state index contributed by atoms with van der Waals surface area (Å²) < 4.78 is 5.36. The summed E-state index contributed by atoms with van der Waals surface area (Å²) in [7, 11) is 0. The van der Waals surface area contributed by atoms with Crippen molar-refractivity contribution < 1.29 is 9.53 Å². The van der Waals surface area contributed by atoms with Gasteiger partial charge < -0.3 is 15.0 Å². The highest BCUT2D eigenvalue weighted by atomic mass is 16.5. The van der Waals surface area contributed by atoms with Gasteiger partial charge in [0.25, 0.3) is 0 Å². The third-order valence-corrected chi connectivity index (χ3v) is 4.10. The number of nitrogens with one attached hydrogen (secondary N) is 1. The largest absolute Gasteiger partial charge is 0.380 e. The average molecular weight is 256 g/mol. The van der Waals surface area contributed by atoms with Gasteiger partial charge in [-0.2, -0.15) is 0 Å². The second kappa shape index (κ2) is 7.10. The first kappa shape index (κ1) is 15.4. The molecule has 0 radical (unpaired) electrons. The van der Waals surface area contributed by atoms with Gasteiger partial charge in [-0.3, -0.25) is 4.79 Å². The van der Waals surface area contributed by atoms with E-state index in [2.05, 4.69) is 19.2 Å². The number of hydrogen-bond donors (Lipinski definition) is 1. The van der Waals surface area contributed by atoms with Crippen LogP contribution in [-0.4, -0.2) is 50.2 Å². The van der Waals surface area contributed by atoms with E-state index in [-0.39, 0.29) is 5.41 Å². The summed E-state index contributed by atoms with van der Waals surface area (Å²) in [5.74, 6) is 0.672. The van der Waals surface area contributed by atoms with Crippen LogP contribution < -0.4 is 5.32 Å². The van der Waals surface area contributed by atoms with Gasteiger partial charge in [0.1, 0.15) is 0 Å². The summed E-state index contributed by atoms with van der Waals surface area (Å²) in [6.45, 7) is 12.9. The lowest BCUT2D eigenvalue weighted by Gasteiger charge is -2.36. The number of carbonyl (C=O) groups is 1. The summed E-state index contributed by atoms with van der Waals surface area (Å²) in [6, 6.07) is 0. The van der Waals surface area contributed by atoms with E-state index < -0.39 is 0 Å². The van der Waals surface area contributed by atoms with Crippen LogP contribution in [0, 0.1) is 11.3 Å². The van der Waals surface area contributed by atoms with E-state index in [4.69, 9.17) is 4.74 Å². The highest BCUT2D eigenvalue weighted by Crippen LogP contribution is 2.36. The zero-order chi connectivity index (χ0) is 13.6. The maximum Gasteiger partial charge on any atom is 0.230 e. The lowest BCUT2D eigenvalue weighted by Crippen LogP contribution is -2.49. The van der Waals surface area contributed by atoms with Crippen LogP contribution in [0.5, 0.6) is 0 Å². The average Bonchev–Trinajstić information content (AvgIpc) is 2.84. The summed E-state index contributed by atoms with van der Waals surface area (Å²) in [5, 5.41) is 3.34. The molecule has 106 valence electrons. The van der Waals surface area contributed by atoms with Crippen molar-refractivity contribution in [3.05, 3.63) is 0 Å². The maximum atomic E-state index is 12.8. The van der Waals surface area contributed by atoms with Crippen LogP contribution in [0.2, 0.25) is 0 Å². The lowest BCUT2D eigenvalue weighted by molar-refractivity contribution is -0.144. The molecule has 0 saturated carbocycles. The van der Waals surface area contributed by atoms with Crippen LogP contribution in [0.4, 0.5) is 0 Å². The van der Waals surface area contributed by atoms with E-state index in [0.717, 1.165) is 26.1 Å². The Morgan fingerprint density at radius 3 is 2.61 bits per heavy atom. The van der Waals surface area contributed by atoms with Crippen molar-refractivity contribution >= 4 is 5.91 Å². The van der Waals surface area contributed by atoms with Gasteiger partial charge in [-0.05, 0) is 32.7 Å². The molecule has 1 rings (SSSR count). The first-order valence-electron chi connectivity index (χ1n) is 7.16. The second-order valence-corrected chi connectivity index (χ2v) is 5.32. The minimum Gasteiger partial charge on any atom is -0.380 e. The zero-order valence-electron chi connectivity index (χ0n) is 12.3. The topological polar surface area (TPSA) is 41.6 Å². The molecule has 18 heavy (non-hydrogen) atoms. The van der Waals surface area contributed by atoms with Crippen molar-refractivity contribution in [3.8, 4) is 0 Å². The number of carbonyl (C=O) groups excluding carboxylic acids is 1. The Bertz CT molecular complexity index is 261. The maximum absolute atomic E-state index is 12.8. The Labute approximate surface area is 111 Å². The predicted octanol–water partition coefficient (Wildman–Crippen LogP) is 1.51. The molecule has 1 heterocycles. The van der Waals surface area contributed by atoms with Crippen molar-refractivity contribution in [2.24, 2.45) is 11.3 Å². The molecule has 1 aliphatic rings. The highest BCUT2D eigenvalue weighted by Gasteiger charge is 2.45. The van der Waals surface area contributed by atoms with Gasteiger partial charge in [0.15, 0.2) is 0 Å². The molecule has 0 aromatic heterocycles. The smallest absolute Gasteiger partial charge is 0.230 e. The molecule has 0 aromatic rings. The summed E-state index contributed by atoms with van der Waals surface area (Å²) in [4.78, 5) is 14.7. The second-order valence-electron chi connectivity index (χ2n) is 5.32. The third kappa shape index (κ3) is 3.23. The summed E-state index contributed by atoms with van der Waals surface area (Å²) >= 11 is 0. The molecule has 1 aliphatic heterocycles. The van der Waals surface area contributed by atoms with Gasteiger partial charge in [0, 0.05) is 26.2 Å². The zero-order valence-corrected chi connectivity index (χ0v) is 12.3. The van der Waals surface area contributed by atoms with Crippen LogP contribution in [0.15, 0.2) is 0 Å². The molecule has 1 unspecified atom stereocenters. The molecule has 1 fully saturated rings. The number of rotatable bonds is 7. The van der Waals surface area contributed by atoms with E-state index in [1.165, 1.54) is 0 Å². The van der Waals surface area contributed by atoms with E-state index in [1.54, 1.807) is 0 Å². The Morgan fingerprint density at radius 2 is 2.17 bits per heavy atom. The molecule has 0 spiro atoms. The van der Waals surface area contributed by atoms with Crippen LogP contribution in [0.3, 0.4) is 0 Å². The fourth-order valence-electron chi connectivity index (χ4n) is 2.67. The van der Waals surface area contributed by atoms with Crippen molar-refractivity contribution in [1.29, 1.82) is 0 Å². The van der Waals surface area contributed by atoms with Gasteiger partial charge in [0.05, 0.1) is 12.0 Å². The number of hydrogen-bond acceptors (Lipinski definition) is 3. The van der Waals surface area contributed by atoms with Gasteiger partial charge in [-0.25, -0.2) is 0 Å². The predicted molar refractivity (Wildman–Crippen MR) is 73.5 cm³/mol. The minimum absolute atomic E-state index is 0.206. The molecule has 1 saturated heterocycles. The van der Waals surface area contributed by atoms with E-state index in [1.807, 2.05) is 18.7 Å². The molecule has 1 N–H and O–H groups in total. The molecular formula is C14H28N2O2. The van der Waals surface area contributed by atoms with Crippen LogP contribution in [0.25, 0.3) is 0 Å². The molecule has 0 bridgehead atoms. The SMILES string of the molecule is CCOCCN(CC)C(=O)C1(C(C)C)CCNC1. The Balaban J connectivity index is 2.68. The molecule has 1 atom stereocenters. The standard InChI is InChI=1S/C14H28N2O2/c1-5-16(9-10-18-6-2)13(17)14(12(3)4)7-8-15-11-14/h12,15H,5-11H2,1-4H3. The van der Waals surface area contributed by atoms with Crippen molar-refractivity contribution in [1.82, 2.24) is 10.2 Å². The molecule has 4 nitrogen and oxygen atoms in total. The van der Waals surface area contributed by atoms with Gasteiger partial charge in [-0.1, -0.05) is 13.8 Å². The first-order chi connectivity index (χ1) is 8.58. The fraction of sp³-hybridized carbons (Fsp3) is 0.929. The normalized spacial score (nSPS) is 23.6. The van der Waals surface area contributed by atoms with Crippen molar-refractivity contribution in [2.45, 2.75) is 34.1 Å². The summed E-state index contributed by atoms with van der Waals surface area (Å²) in [6.07, 6.45) is 0.953. The van der Waals surface area contributed by atoms with Crippen molar-refractivity contribution in [2.75, 3.05) is 39.4 Å². The monoisotopic (exact) mass is 256 g/mol. The number of amides is 1. The van der Waals surface area contributed by atoms with Crippen molar-refractivity contribution in [3.63, 3.8) is 0 Å². The molecular weight excluding hydrogens is 228 g/mol. The van der Waals surface area contributed by atoms with E-state index in [9.17, 15) is 4.79 Å². The van der Waals surface area contributed by atoms with E-state index >= 15 is 0 Å². The lowest BCUT2D eigenvalue weighted by atomic mass is 9.75. The Kier molecular flexibility index (Phi) is 6.09. The third-order valence-electron chi connectivity index (χ3n) is 4.10. The number of nitrogens with zero attached hydrogens (tertiary/aromatic N) is 1. The van der Waals surface area contributed by atoms with Gasteiger partial charge in [-0.15, -0.1) is 0 Å². The quantitative estimate of drug-likeness (QED) is 0.702. The van der Waals surface area contributed by atoms with E-state index in [0.29, 0.717) is 31.6 Å². The molecule has 0 aromatic carbocycles. The molecule has 1 amide bonds. The Hall–Kier alpha value is -0.610.